The molecule has 5 rings (SSSR count). The minimum Gasteiger partial charge on any atom is -0.452 e. The van der Waals surface area contributed by atoms with Crippen LogP contribution >= 0.6 is 11.6 Å². The summed E-state index contributed by atoms with van der Waals surface area (Å²) in [4.78, 5) is 36.4. The first-order valence-corrected chi connectivity index (χ1v) is 10.6. The van der Waals surface area contributed by atoms with Crippen molar-refractivity contribution in [2.45, 2.75) is 63.4 Å². The third-order valence-corrected chi connectivity index (χ3v) is 6.99. The largest absolute Gasteiger partial charge is 0.452 e. The van der Waals surface area contributed by atoms with Gasteiger partial charge in [0.25, 0.3) is 5.91 Å². The molecule has 4 bridgehead atoms. The third-order valence-electron chi connectivity index (χ3n) is 6.55. The monoisotopic (exact) mass is 418 g/mol. The fraction of sp³-hybridized carbons (Fsp3) is 0.591. The molecule has 0 radical (unpaired) electrons. The summed E-state index contributed by atoms with van der Waals surface area (Å²) >= 11 is 6.80. The number of amides is 2. The average molecular weight is 419 g/mol. The Kier molecular flexibility index (Phi) is 5.09. The zero-order valence-corrected chi connectivity index (χ0v) is 17.6. The van der Waals surface area contributed by atoms with Crippen LogP contribution in [0.25, 0.3) is 0 Å². The minimum atomic E-state index is -0.892. The molecule has 2 unspecified atom stereocenters. The summed E-state index contributed by atoms with van der Waals surface area (Å²) in [6.07, 6.45) is 4.57. The molecule has 1 aromatic carbocycles. The second kappa shape index (κ2) is 7.31. The first-order chi connectivity index (χ1) is 13.7. The number of halogens is 1. The van der Waals surface area contributed by atoms with Gasteiger partial charge in [0.2, 0.25) is 5.91 Å². The van der Waals surface area contributed by atoms with Gasteiger partial charge < -0.3 is 15.4 Å². The lowest BCUT2D eigenvalue weighted by atomic mass is 9.49. The Hall–Kier alpha value is -2.08. The van der Waals surface area contributed by atoms with Crippen LogP contribution in [-0.4, -0.2) is 28.8 Å². The summed E-state index contributed by atoms with van der Waals surface area (Å²) in [5.74, 6) is 0.169. The van der Waals surface area contributed by atoms with Crippen molar-refractivity contribution in [1.82, 2.24) is 0 Å². The van der Waals surface area contributed by atoms with E-state index < -0.39 is 11.5 Å². The Morgan fingerprint density at radius 3 is 2.10 bits per heavy atom. The van der Waals surface area contributed by atoms with Gasteiger partial charge in [-0.1, -0.05) is 0 Å². The molecule has 4 fully saturated rings. The highest BCUT2D eigenvalue weighted by Gasteiger charge is 2.61. The van der Waals surface area contributed by atoms with Gasteiger partial charge >= 0.3 is 5.97 Å². The number of hydrogen-bond donors (Lipinski definition) is 2. The Balaban J connectivity index is 1.36. The maximum absolute atomic E-state index is 13.1. The van der Waals surface area contributed by atoms with E-state index in [9.17, 15) is 14.4 Å². The van der Waals surface area contributed by atoms with Crippen molar-refractivity contribution in [1.29, 1.82) is 0 Å². The molecule has 7 heteroatoms. The number of ether oxygens (including phenoxy) is 1. The zero-order valence-electron chi connectivity index (χ0n) is 16.8. The molecular formula is C22H27ClN2O4. The van der Waals surface area contributed by atoms with Crippen LogP contribution in [0.1, 0.15) is 52.4 Å². The molecule has 0 aliphatic heterocycles. The number of hydrogen-bond acceptors (Lipinski definition) is 4. The fourth-order valence-corrected chi connectivity index (χ4v) is 6.50. The first-order valence-electron chi connectivity index (χ1n) is 10.2. The number of esters is 1. The molecule has 4 saturated carbocycles. The van der Waals surface area contributed by atoms with Gasteiger partial charge in [-0.25, -0.2) is 0 Å². The van der Waals surface area contributed by atoms with E-state index in [1.165, 1.54) is 6.92 Å². The summed E-state index contributed by atoms with van der Waals surface area (Å²) in [5.41, 5.74) is 0.689. The van der Waals surface area contributed by atoms with E-state index in [1.54, 1.807) is 31.2 Å². The lowest BCUT2D eigenvalue weighted by Gasteiger charge is -2.58. The summed E-state index contributed by atoms with van der Waals surface area (Å²) in [7, 11) is 0. The molecule has 0 spiro atoms. The summed E-state index contributed by atoms with van der Waals surface area (Å²) < 4.78 is 5.62. The van der Waals surface area contributed by atoms with Crippen LogP contribution < -0.4 is 10.6 Å². The molecule has 0 aromatic heterocycles. The molecule has 0 saturated heterocycles. The van der Waals surface area contributed by atoms with E-state index in [4.69, 9.17) is 16.3 Å². The molecular weight excluding hydrogens is 392 g/mol. The Morgan fingerprint density at radius 1 is 1.03 bits per heavy atom. The number of alkyl halides is 1. The SMILES string of the molecule is CC(=O)Nc1ccc(NC(=O)[C@@H](C)OC(=O)C23C[C@@H]4C[C@@H](CC(Cl)(C4)C2)C3)cc1. The van der Waals surface area contributed by atoms with Crippen LogP contribution in [-0.2, 0) is 19.1 Å². The highest BCUT2D eigenvalue weighted by molar-refractivity contribution is 6.24. The predicted molar refractivity (Wildman–Crippen MR) is 111 cm³/mol. The van der Waals surface area contributed by atoms with E-state index in [1.807, 2.05) is 0 Å². The Labute approximate surface area is 175 Å². The summed E-state index contributed by atoms with van der Waals surface area (Å²) in [6, 6.07) is 6.77. The van der Waals surface area contributed by atoms with Crippen LogP contribution in [0.3, 0.4) is 0 Å². The number of carbonyl (C=O) groups excluding carboxylic acids is 3. The van der Waals surface area contributed by atoms with Crippen LogP contribution in [0.5, 0.6) is 0 Å². The van der Waals surface area contributed by atoms with Crippen molar-refractivity contribution in [2.24, 2.45) is 17.3 Å². The number of nitrogens with one attached hydrogen (secondary N) is 2. The second-order valence-electron chi connectivity index (χ2n) is 9.19. The fourth-order valence-electron chi connectivity index (χ4n) is 5.81. The van der Waals surface area contributed by atoms with E-state index in [-0.39, 0.29) is 22.7 Å². The number of rotatable bonds is 5. The summed E-state index contributed by atoms with van der Waals surface area (Å²) in [5, 5.41) is 5.42. The lowest BCUT2D eigenvalue weighted by Crippen LogP contribution is -2.57. The minimum absolute atomic E-state index is 0.161. The first kappa shape index (κ1) is 20.2. The molecule has 4 aliphatic rings. The third kappa shape index (κ3) is 4.13. The van der Waals surface area contributed by atoms with Crippen LogP contribution in [0.4, 0.5) is 11.4 Å². The number of carbonyl (C=O) groups is 3. The van der Waals surface area contributed by atoms with Crippen molar-refractivity contribution in [3.8, 4) is 0 Å². The van der Waals surface area contributed by atoms with Gasteiger partial charge in [-0.05, 0) is 81.5 Å². The predicted octanol–water partition coefficient (Wildman–Crippen LogP) is 4.09. The highest BCUT2D eigenvalue weighted by atomic mass is 35.5. The van der Waals surface area contributed by atoms with Crippen molar-refractivity contribution in [3.63, 3.8) is 0 Å². The maximum Gasteiger partial charge on any atom is 0.312 e. The van der Waals surface area contributed by atoms with Crippen LogP contribution in [0.2, 0.25) is 0 Å². The van der Waals surface area contributed by atoms with Crippen LogP contribution in [0, 0.1) is 17.3 Å². The van der Waals surface area contributed by atoms with E-state index in [2.05, 4.69) is 10.6 Å². The van der Waals surface area contributed by atoms with Gasteiger partial charge in [0.15, 0.2) is 6.10 Å². The molecule has 5 atom stereocenters. The molecule has 4 aliphatic carbocycles. The normalized spacial score (nSPS) is 33.1. The smallest absolute Gasteiger partial charge is 0.312 e. The van der Waals surface area contributed by atoms with Gasteiger partial charge in [-0.15, -0.1) is 11.6 Å². The molecule has 1 aromatic rings. The van der Waals surface area contributed by atoms with Gasteiger partial charge in [0.05, 0.1) is 5.41 Å². The van der Waals surface area contributed by atoms with Crippen molar-refractivity contribution < 1.29 is 19.1 Å². The molecule has 0 heterocycles. The van der Waals surface area contributed by atoms with E-state index in [0.29, 0.717) is 29.6 Å². The molecule has 6 nitrogen and oxygen atoms in total. The standard InChI is InChI=1S/C22H27ClN2O4/c1-13(19(27)25-18-5-3-17(4-6-18)24-14(2)26)29-20(28)21-8-15-7-16(9-21)11-22(23,10-15)12-21/h3-6,13,15-16H,7-12H2,1-2H3,(H,24,26)(H,25,27)/t13-,15-,16+,21?,22?/m1/s1. The number of anilines is 2. The van der Waals surface area contributed by atoms with Gasteiger partial charge in [0, 0.05) is 23.2 Å². The molecule has 2 amide bonds. The molecule has 29 heavy (non-hydrogen) atoms. The highest BCUT2D eigenvalue weighted by Crippen LogP contribution is 2.64. The average Bonchev–Trinajstić information content (AvgIpc) is 2.60. The molecule has 156 valence electrons. The topological polar surface area (TPSA) is 84.5 Å². The molecule has 2 N–H and O–H groups in total. The maximum atomic E-state index is 13.1. The Morgan fingerprint density at radius 2 is 1.59 bits per heavy atom. The summed E-state index contributed by atoms with van der Waals surface area (Å²) in [6.45, 7) is 3.03. The van der Waals surface area contributed by atoms with Crippen molar-refractivity contribution >= 4 is 40.8 Å². The lowest BCUT2D eigenvalue weighted by molar-refractivity contribution is -0.176. The Bertz CT molecular complexity index is 824. The van der Waals surface area contributed by atoms with E-state index in [0.717, 1.165) is 32.1 Å². The van der Waals surface area contributed by atoms with Crippen molar-refractivity contribution in [2.75, 3.05) is 10.6 Å². The zero-order chi connectivity index (χ0) is 20.8. The number of benzene rings is 1. The van der Waals surface area contributed by atoms with Gasteiger partial charge in [-0.2, -0.15) is 0 Å². The van der Waals surface area contributed by atoms with Gasteiger partial charge in [-0.3, -0.25) is 14.4 Å². The quantitative estimate of drug-likeness (QED) is 0.557. The van der Waals surface area contributed by atoms with E-state index >= 15 is 0 Å². The van der Waals surface area contributed by atoms with Crippen LogP contribution in [0.15, 0.2) is 24.3 Å². The van der Waals surface area contributed by atoms with Crippen molar-refractivity contribution in [3.05, 3.63) is 24.3 Å². The second-order valence-corrected chi connectivity index (χ2v) is 9.99. The van der Waals surface area contributed by atoms with Gasteiger partial charge in [0.1, 0.15) is 0 Å².